The zero-order valence-electron chi connectivity index (χ0n) is 16.7. The number of hydrogen-bond acceptors (Lipinski definition) is 6. The molecule has 3 aromatic rings. The van der Waals surface area contributed by atoms with Gasteiger partial charge in [0.15, 0.2) is 0 Å². The Kier molecular flexibility index (Phi) is 5.80. The number of primary amides is 1. The molecule has 0 bridgehead atoms. The van der Waals surface area contributed by atoms with Crippen molar-refractivity contribution in [3.8, 4) is 0 Å². The minimum Gasteiger partial charge on any atom is -0.448 e. The predicted octanol–water partition coefficient (Wildman–Crippen LogP) is 0.846. The smallest absolute Gasteiger partial charge is 0.297 e. The second kappa shape index (κ2) is 8.66. The maximum atomic E-state index is 12.7. The Morgan fingerprint density at radius 3 is 2.97 bits per heavy atom. The van der Waals surface area contributed by atoms with Gasteiger partial charge in [-0.1, -0.05) is 12.1 Å². The highest BCUT2D eigenvalue weighted by Gasteiger charge is 2.23. The SMILES string of the molecule is NC(=O)C1CCCN(CCCNC(=O)Cn2cnc3c(oc4ccccc43)c2=O)C1. The number of furan rings is 1. The van der Waals surface area contributed by atoms with E-state index in [1.807, 2.05) is 18.2 Å². The molecule has 1 unspecified atom stereocenters. The number of nitrogens with zero attached hydrogens (tertiary/aromatic N) is 3. The van der Waals surface area contributed by atoms with E-state index in [-0.39, 0.29) is 35.4 Å². The summed E-state index contributed by atoms with van der Waals surface area (Å²) in [5.41, 5.74) is 6.28. The van der Waals surface area contributed by atoms with Crippen LogP contribution in [0.4, 0.5) is 0 Å². The van der Waals surface area contributed by atoms with Gasteiger partial charge in [-0.25, -0.2) is 4.98 Å². The first kappa shape index (κ1) is 20.1. The molecule has 0 radical (unpaired) electrons. The van der Waals surface area contributed by atoms with E-state index in [1.54, 1.807) is 6.07 Å². The van der Waals surface area contributed by atoms with E-state index in [1.165, 1.54) is 10.9 Å². The predicted molar refractivity (Wildman–Crippen MR) is 112 cm³/mol. The Balaban J connectivity index is 1.30. The molecule has 1 aromatic carbocycles. The fraction of sp³-hybridized carbons (Fsp3) is 0.429. The van der Waals surface area contributed by atoms with Gasteiger partial charge in [-0.05, 0) is 44.5 Å². The van der Waals surface area contributed by atoms with Crippen molar-refractivity contribution >= 4 is 33.9 Å². The molecule has 1 aliphatic rings. The number of hydrogen-bond donors (Lipinski definition) is 2. The van der Waals surface area contributed by atoms with Gasteiger partial charge in [0.05, 0.1) is 12.2 Å². The lowest BCUT2D eigenvalue weighted by molar-refractivity contribution is -0.123. The van der Waals surface area contributed by atoms with E-state index in [2.05, 4.69) is 15.2 Å². The third kappa shape index (κ3) is 4.20. The molecule has 1 fully saturated rings. The number of aromatic nitrogens is 2. The van der Waals surface area contributed by atoms with Gasteiger partial charge in [-0.15, -0.1) is 0 Å². The third-order valence-corrected chi connectivity index (χ3v) is 5.55. The van der Waals surface area contributed by atoms with Crippen molar-refractivity contribution in [2.24, 2.45) is 11.7 Å². The molecular formula is C21H25N5O4. The number of para-hydroxylation sites is 1. The number of benzene rings is 1. The van der Waals surface area contributed by atoms with E-state index < -0.39 is 0 Å². The lowest BCUT2D eigenvalue weighted by Gasteiger charge is -2.31. The fourth-order valence-corrected chi connectivity index (χ4v) is 3.96. The maximum absolute atomic E-state index is 12.7. The van der Waals surface area contributed by atoms with E-state index in [0.717, 1.165) is 37.7 Å². The summed E-state index contributed by atoms with van der Waals surface area (Å²) in [5.74, 6) is -0.586. The quantitative estimate of drug-likeness (QED) is 0.556. The average molecular weight is 411 g/mol. The summed E-state index contributed by atoms with van der Waals surface area (Å²) in [6.07, 6.45) is 3.94. The van der Waals surface area contributed by atoms with Gasteiger partial charge in [0.25, 0.3) is 5.56 Å². The van der Waals surface area contributed by atoms with Gasteiger partial charge < -0.3 is 20.4 Å². The standard InChI is InChI=1S/C21H25N5O4/c22-20(28)14-5-3-9-25(11-14)10-4-8-23-17(27)12-26-13-24-18-15-6-1-2-7-16(15)30-19(18)21(26)29/h1-2,6-7,13-14H,3-5,8-12H2,(H2,22,28)(H,23,27). The minimum absolute atomic E-state index is 0.0825. The van der Waals surface area contributed by atoms with Crippen molar-refractivity contribution in [2.75, 3.05) is 26.2 Å². The topological polar surface area (TPSA) is 123 Å². The molecule has 1 atom stereocenters. The molecular weight excluding hydrogens is 386 g/mol. The number of fused-ring (bicyclic) bond motifs is 3. The lowest BCUT2D eigenvalue weighted by atomic mass is 9.97. The van der Waals surface area contributed by atoms with Crippen LogP contribution in [0.25, 0.3) is 22.1 Å². The molecule has 30 heavy (non-hydrogen) atoms. The molecule has 0 spiro atoms. The highest BCUT2D eigenvalue weighted by atomic mass is 16.3. The molecule has 4 rings (SSSR count). The first-order valence-corrected chi connectivity index (χ1v) is 10.2. The second-order valence-electron chi connectivity index (χ2n) is 7.70. The fourth-order valence-electron chi connectivity index (χ4n) is 3.96. The molecule has 0 aliphatic carbocycles. The Hall–Kier alpha value is -3.20. The normalized spacial score (nSPS) is 17.4. The van der Waals surface area contributed by atoms with Crippen molar-refractivity contribution in [1.82, 2.24) is 19.8 Å². The van der Waals surface area contributed by atoms with Crippen LogP contribution in [0.3, 0.4) is 0 Å². The number of amides is 2. The summed E-state index contributed by atoms with van der Waals surface area (Å²) >= 11 is 0. The van der Waals surface area contributed by atoms with Crippen LogP contribution in [-0.2, 0) is 16.1 Å². The third-order valence-electron chi connectivity index (χ3n) is 5.55. The van der Waals surface area contributed by atoms with Crippen LogP contribution in [0.15, 0.2) is 39.8 Å². The monoisotopic (exact) mass is 411 g/mol. The van der Waals surface area contributed by atoms with E-state index in [0.29, 0.717) is 24.2 Å². The largest absolute Gasteiger partial charge is 0.448 e. The van der Waals surface area contributed by atoms with Crippen molar-refractivity contribution < 1.29 is 14.0 Å². The van der Waals surface area contributed by atoms with Gasteiger partial charge >= 0.3 is 0 Å². The van der Waals surface area contributed by atoms with E-state index in [4.69, 9.17) is 10.2 Å². The molecule has 158 valence electrons. The van der Waals surface area contributed by atoms with Crippen LogP contribution >= 0.6 is 0 Å². The van der Waals surface area contributed by atoms with Gasteiger partial charge in [0, 0.05) is 18.5 Å². The maximum Gasteiger partial charge on any atom is 0.297 e. The Morgan fingerprint density at radius 2 is 2.13 bits per heavy atom. The van der Waals surface area contributed by atoms with Gasteiger partial charge in [-0.2, -0.15) is 0 Å². The molecule has 0 saturated carbocycles. The molecule has 1 saturated heterocycles. The van der Waals surface area contributed by atoms with Crippen molar-refractivity contribution in [1.29, 1.82) is 0 Å². The summed E-state index contributed by atoms with van der Waals surface area (Å²) in [6, 6.07) is 7.31. The summed E-state index contributed by atoms with van der Waals surface area (Å²) in [4.78, 5) is 42.8. The van der Waals surface area contributed by atoms with E-state index in [9.17, 15) is 14.4 Å². The number of carbonyl (C=O) groups is 2. The minimum atomic E-state index is -0.378. The number of nitrogens with one attached hydrogen (secondary N) is 1. The van der Waals surface area contributed by atoms with Gasteiger partial charge in [0.2, 0.25) is 17.4 Å². The van der Waals surface area contributed by atoms with Crippen molar-refractivity contribution in [2.45, 2.75) is 25.8 Å². The number of carbonyl (C=O) groups excluding carboxylic acids is 2. The molecule has 1 aliphatic heterocycles. The summed E-state index contributed by atoms with van der Waals surface area (Å²) in [5, 5.41) is 3.61. The Bertz CT molecular complexity index is 1140. The zero-order chi connectivity index (χ0) is 21.1. The van der Waals surface area contributed by atoms with E-state index >= 15 is 0 Å². The van der Waals surface area contributed by atoms with Crippen LogP contribution in [0.2, 0.25) is 0 Å². The molecule has 3 heterocycles. The lowest BCUT2D eigenvalue weighted by Crippen LogP contribution is -2.42. The van der Waals surface area contributed by atoms with Gasteiger partial charge in [-0.3, -0.25) is 19.0 Å². The van der Waals surface area contributed by atoms with Crippen LogP contribution in [-0.4, -0.2) is 52.4 Å². The number of nitrogens with two attached hydrogens (primary N) is 1. The van der Waals surface area contributed by atoms with Crippen molar-refractivity contribution in [3.63, 3.8) is 0 Å². The molecule has 9 heteroatoms. The van der Waals surface area contributed by atoms with Crippen LogP contribution in [0.5, 0.6) is 0 Å². The first-order chi connectivity index (χ1) is 14.5. The van der Waals surface area contributed by atoms with Gasteiger partial charge in [0.1, 0.15) is 17.6 Å². The number of rotatable bonds is 7. The van der Waals surface area contributed by atoms with Crippen LogP contribution in [0, 0.1) is 5.92 Å². The Labute approximate surface area is 172 Å². The van der Waals surface area contributed by atoms with Crippen LogP contribution in [0.1, 0.15) is 19.3 Å². The molecule has 9 nitrogen and oxygen atoms in total. The average Bonchev–Trinajstić information content (AvgIpc) is 3.13. The summed E-state index contributed by atoms with van der Waals surface area (Å²) < 4.78 is 6.88. The highest BCUT2D eigenvalue weighted by Crippen LogP contribution is 2.24. The molecule has 2 aromatic heterocycles. The highest BCUT2D eigenvalue weighted by molar-refractivity contribution is 6.01. The molecule has 2 amide bonds. The Morgan fingerprint density at radius 1 is 1.30 bits per heavy atom. The summed E-state index contributed by atoms with van der Waals surface area (Å²) in [7, 11) is 0. The number of likely N-dealkylation sites (tertiary alicyclic amines) is 1. The summed E-state index contributed by atoms with van der Waals surface area (Å²) in [6.45, 7) is 2.78. The van der Waals surface area contributed by atoms with Crippen molar-refractivity contribution in [3.05, 3.63) is 40.9 Å². The van der Waals surface area contributed by atoms with Crippen LogP contribution < -0.4 is 16.6 Å². The molecule has 3 N–H and O–H groups in total. The number of piperidine rings is 1. The zero-order valence-corrected chi connectivity index (χ0v) is 16.7. The second-order valence-corrected chi connectivity index (χ2v) is 7.70. The first-order valence-electron chi connectivity index (χ1n) is 10.2.